The van der Waals surface area contributed by atoms with E-state index in [4.69, 9.17) is 14.9 Å². The van der Waals surface area contributed by atoms with Crippen molar-refractivity contribution in [3.05, 3.63) is 12.0 Å². The molecule has 90 valence electrons. The van der Waals surface area contributed by atoms with Crippen molar-refractivity contribution in [2.24, 2.45) is 17.6 Å². The molecule has 0 radical (unpaired) electrons. The van der Waals surface area contributed by atoms with Gasteiger partial charge in [0.2, 0.25) is 0 Å². The van der Waals surface area contributed by atoms with Gasteiger partial charge in [-0.3, -0.25) is 0 Å². The van der Waals surface area contributed by atoms with Crippen LogP contribution in [0.2, 0.25) is 0 Å². The molecule has 0 bridgehead atoms. The average Bonchev–Trinajstić information content (AvgIpc) is 2.64. The van der Waals surface area contributed by atoms with Crippen molar-refractivity contribution >= 4 is 0 Å². The van der Waals surface area contributed by atoms with Gasteiger partial charge in [0.15, 0.2) is 0 Å². The summed E-state index contributed by atoms with van der Waals surface area (Å²) in [4.78, 5) is 4.16. The zero-order chi connectivity index (χ0) is 11.5. The van der Waals surface area contributed by atoms with Gasteiger partial charge in [-0.15, -0.1) is 0 Å². The molecule has 4 heteroatoms. The maximum atomic E-state index is 5.75. The first-order chi connectivity index (χ1) is 7.67. The standard InChI is InChI=1S/C12H20N2O2/c1-8-3-9(2)5-11(4-8)16-12-14-10(6-13)7-15-12/h7-9,11H,3-6,13H2,1-2H3. The van der Waals surface area contributed by atoms with Crippen LogP contribution < -0.4 is 10.5 Å². The number of hydrogen-bond acceptors (Lipinski definition) is 4. The first kappa shape index (κ1) is 11.5. The lowest BCUT2D eigenvalue weighted by Gasteiger charge is -2.30. The van der Waals surface area contributed by atoms with Gasteiger partial charge in [-0.05, 0) is 31.1 Å². The monoisotopic (exact) mass is 224 g/mol. The predicted molar refractivity (Wildman–Crippen MR) is 61.0 cm³/mol. The van der Waals surface area contributed by atoms with E-state index in [1.54, 1.807) is 6.26 Å². The van der Waals surface area contributed by atoms with E-state index in [0.29, 0.717) is 12.6 Å². The van der Waals surface area contributed by atoms with Crippen LogP contribution in [0.5, 0.6) is 6.08 Å². The summed E-state index contributed by atoms with van der Waals surface area (Å²) in [6, 6.07) is 0. The molecular weight excluding hydrogens is 204 g/mol. The van der Waals surface area contributed by atoms with E-state index in [-0.39, 0.29) is 6.10 Å². The SMILES string of the molecule is CC1CC(C)CC(Oc2nc(CN)co2)C1. The topological polar surface area (TPSA) is 61.3 Å². The second-order valence-electron chi connectivity index (χ2n) is 4.97. The molecule has 2 rings (SSSR count). The van der Waals surface area contributed by atoms with E-state index < -0.39 is 0 Å². The Hall–Kier alpha value is -1.03. The molecule has 2 N–H and O–H groups in total. The summed E-state index contributed by atoms with van der Waals surface area (Å²) >= 11 is 0. The van der Waals surface area contributed by atoms with E-state index in [0.717, 1.165) is 30.4 Å². The summed E-state index contributed by atoms with van der Waals surface area (Å²) < 4.78 is 11.0. The van der Waals surface area contributed by atoms with Crippen molar-refractivity contribution in [1.82, 2.24) is 4.98 Å². The molecule has 1 fully saturated rings. The van der Waals surface area contributed by atoms with Crippen molar-refractivity contribution in [3.63, 3.8) is 0 Å². The van der Waals surface area contributed by atoms with E-state index in [1.807, 2.05) is 0 Å². The van der Waals surface area contributed by atoms with Crippen molar-refractivity contribution in [2.45, 2.75) is 45.8 Å². The van der Waals surface area contributed by atoms with E-state index in [1.165, 1.54) is 6.42 Å². The molecule has 2 atom stereocenters. The third kappa shape index (κ3) is 2.76. The fraction of sp³-hybridized carbons (Fsp3) is 0.750. The third-order valence-electron chi connectivity index (χ3n) is 3.14. The largest absolute Gasteiger partial charge is 0.447 e. The summed E-state index contributed by atoms with van der Waals surface area (Å²) in [5, 5.41) is 0. The van der Waals surface area contributed by atoms with Gasteiger partial charge in [0.25, 0.3) is 0 Å². The highest BCUT2D eigenvalue weighted by Gasteiger charge is 2.26. The molecule has 4 nitrogen and oxygen atoms in total. The number of nitrogens with two attached hydrogens (primary N) is 1. The average molecular weight is 224 g/mol. The summed E-state index contributed by atoms with van der Waals surface area (Å²) in [6.45, 7) is 4.93. The Morgan fingerprint density at radius 3 is 2.62 bits per heavy atom. The smallest absolute Gasteiger partial charge is 0.394 e. The molecule has 16 heavy (non-hydrogen) atoms. The van der Waals surface area contributed by atoms with Gasteiger partial charge in [-0.2, -0.15) is 4.98 Å². The second-order valence-corrected chi connectivity index (χ2v) is 4.97. The van der Waals surface area contributed by atoms with Crippen molar-refractivity contribution < 1.29 is 9.15 Å². The normalized spacial score (nSPS) is 30.3. The molecule has 1 aromatic rings. The van der Waals surface area contributed by atoms with Crippen LogP contribution in [0.3, 0.4) is 0 Å². The molecule has 0 amide bonds. The van der Waals surface area contributed by atoms with E-state index >= 15 is 0 Å². The molecule has 1 heterocycles. The Balaban J connectivity index is 1.93. The maximum absolute atomic E-state index is 5.75. The predicted octanol–water partition coefficient (Wildman–Crippen LogP) is 2.34. The Morgan fingerprint density at radius 2 is 2.06 bits per heavy atom. The van der Waals surface area contributed by atoms with Crippen LogP contribution in [0.15, 0.2) is 10.7 Å². The third-order valence-corrected chi connectivity index (χ3v) is 3.14. The van der Waals surface area contributed by atoms with E-state index in [9.17, 15) is 0 Å². The molecule has 0 spiro atoms. The Morgan fingerprint density at radius 1 is 1.38 bits per heavy atom. The minimum absolute atomic E-state index is 0.239. The highest BCUT2D eigenvalue weighted by atomic mass is 16.6. The molecule has 1 aliphatic rings. The summed E-state index contributed by atoms with van der Waals surface area (Å²) in [5.74, 6) is 1.44. The highest BCUT2D eigenvalue weighted by molar-refractivity contribution is 4.99. The molecule has 0 saturated heterocycles. The van der Waals surface area contributed by atoms with Gasteiger partial charge in [0, 0.05) is 6.54 Å². The molecule has 0 aliphatic heterocycles. The first-order valence-electron chi connectivity index (χ1n) is 5.98. The van der Waals surface area contributed by atoms with Crippen molar-refractivity contribution in [2.75, 3.05) is 0 Å². The second kappa shape index (κ2) is 4.87. The van der Waals surface area contributed by atoms with Gasteiger partial charge in [0.05, 0.1) is 5.69 Å². The van der Waals surface area contributed by atoms with E-state index in [2.05, 4.69) is 18.8 Å². The zero-order valence-corrected chi connectivity index (χ0v) is 9.98. The summed E-state index contributed by atoms with van der Waals surface area (Å²) in [5.41, 5.74) is 6.20. The maximum Gasteiger partial charge on any atom is 0.394 e. The molecule has 1 aromatic heterocycles. The minimum Gasteiger partial charge on any atom is -0.447 e. The number of aromatic nitrogens is 1. The number of ether oxygens (including phenoxy) is 1. The molecule has 0 aromatic carbocycles. The Kier molecular flexibility index (Phi) is 3.49. The van der Waals surface area contributed by atoms with Crippen LogP contribution in [0.25, 0.3) is 0 Å². The highest BCUT2D eigenvalue weighted by Crippen LogP contribution is 2.30. The lowest BCUT2D eigenvalue weighted by atomic mass is 9.82. The van der Waals surface area contributed by atoms with Crippen molar-refractivity contribution in [3.8, 4) is 6.08 Å². The molecule has 1 aliphatic carbocycles. The Labute approximate surface area is 96.2 Å². The van der Waals surface area contributed by atoms with Gasteiger partial charge >= 0.3 is 6.08 Å². The van der Waals surface area contributed by atoms with Gasteiger partial charge in [-0.1, -0.05) is 13.8 Å². The fourth-order valence-corrected chi connectivity index (χ4v) is 2.55. The number of oxazole rings is 1. The van der Waals surface area contributed by atoms with Crippen LogP contribution in [0.4, 0.5) is 0 Å². The Bertz CT molecular complexity index is 328. The molecule has 1 saturated carbocycles. The zero-order valence-electron chi connectivity index (χ0n) is 9.98. The first-order valence-corrected chi connectivity index (χ1v) is 5.98. The van der Waals surface area contributed by atoms with Crippen molar-refractivity contribution in [1.29, 1.82) is 0 Å². The van der Waals surface area contributed by atoms with Crippen LogP contribution in [-0.4, -0.2) is 11.1 Å². The summed E-state index contributed by atoms with van der Waals surface area (Å²) in [7, 11) is 0. The van der Waals surface area contributed by atoms with Crippen LogP contribution in [0.1, 0.15) is 38.8 Å². The van der Waals surface area contributed by atoms with Gasteiger partial charge in [-0.25, -0.2) is 0 Å². The number of nitrogens with zero attached hydrogens (tertiary/aromatic N) is 1. The molecular formula is C12H20N2O2. The quantitative estimate of drug-likeness (QED) is 0.856. The minimum atomic E-state index is 0.239. The van der Waals surface area contributed by atoms with Crippen LogP contribution >= 0.6 is 0 Å². The summed E-state index contributed by atoms with van der Waals surface area (Å²) in [6.07, 6.45) is 5.63. The lowest BCUT2D eigenvalue weighted by Crippen LogP contribution is -2.28. The number of hydrogen-bond donors (Lipinski definition) is 1. The number of rotatable bonds is 3. The van der Waals surface area contributed by atoms with Gasteiger partial charge < -0.3 is 14.9 Å². The fourth-order valence-electron chi connectivity index (χ4n) is 2.55. The van der Waals surface area contributed by atoms with Crippen LogP contribution in [0, 0.1) is 11.8 Å². The van der Waals surface area contributed by atoms with Gasteiger partial charge in [0.1, 0.15) is 12.4 Å². The van der Waals surface area contributed by atoms with Crippen LogP contribution in [-0.2, 0) is 6.54 Å². The lowest BCUT2D eigenvalue weighted by molar-refractivity contribution is 0.0724. The molecule has 2 unspecified atom stereocenters.